The van der Waals surface area contributed by atoms with E-state index in [1.165, 1.54) is 0 Å². The molecule has 0 spiro atoms. The number of aliphatic carboxylic acids is 3. The second-order valence-electron chi connectivity index (χ2n) is 6.79. The molecular weight excluding hydrogens is 470 g/mol. The third-order valence-electron chi connectivity index (χ3n) is 4.66. The molecular formula is C21H27O6Sb. The van der Waals surface area contributed by atoms with Crippen molar-refractivity contribution in [3.05, 3.63) is 34.9 Å². The summed E-state index contributed by atoms with van der Waals surface area (Å²) in [5.74, 6) is -2.97. The smallest absolute Gasteiger partial charge is 0.545 e. The number of rotatable bonds is 3. The Morgan fingerprint density at radius 1 is 0.536 bits per heavy atom. The van der Waals surface area contributed by atoms with Crippen LogP contribution < -0.4 is 15.3 Å². The van der Waals surface area contributed by atoms with E-state index >= 15 is 0 Å². The van der Waals surface area contributed by atoms with Gasteiger partial charge in [-0.3, -0.25) is 0 Å². The molecule has 0 fully saturated rings. The van der Waals surface area contributed by atoms with E-state index in [2.05, 4.69) is 0 Å². The van der Waals surface area contributed by atoms with E-state index in [1.807, 2.05) is 0 Å². The quantitative estimate of drug-likeness (QED) is 0.519. The third-order valence-corrected chi connectivity index (χ3v) is 4.66. The second-order valence-corrected chi connectivity index (χ2v) is 6.79. The monoisotopic (exact) mass is 496 g/mol. The summed E-state index contributed by atoms with van der Waals surface area (Å²) >= 11 is 0. The van der Waals surface area contributed by atoms with Crippen LogP contribution in [0.3, 0.4) is 0 Å². The zero-order chi connectivity index (χ0) is 20.1. The topological polar surface area (TPSA) is 120 Å². The molecule has 0 atom stereocenters. The summed E-state index contributed by atoms with van der Waals surface area (Å²) in [6.45, 7) is 0. The summed E-state index contributed by atoms with van der Waals surface area (Å²) in [7, 11) is 0. The molecule has 0 heterocycles. The Labute approximate surface area is 183 Å². The van der Waals surface area contributed by atoms with Gasteiger partial charge in [0.15, 0.2) is 0 Å². The minimum Gasteiger partial charge on any atom is -0.545 e. The summed E-state index contributed by atoms with van der Waals surface area (Å²) in [5, 5.41) is 30.5. The molecule has 3 aliphatic rings. The molecule has 0 aromatic rings. The Bertz CT molecular complexity index is 533. The van der Waals surface area contributed by atoms with Crippen LogP contribution in [0.25, 0.3) is 0 Å². The molecule has 0 aliphatic heterocycles. The Kier molecular flexibility index (Phi) is 14.5. The van der Waals surface area contributed by atoms with Gasteiger partial charge in [0.1, 0.15) is 0 Å². The molecule has 2 radical (unpaired) electrons. The van der Waals surface area contributed by atoms with E-state index < -0.39 is 17.9 Å². The summed E-state index contributed by atoms with van der Waals surface area (Å²) in [5.41, 5.74) is 1.46. The molecule has 0 saturated carbocycles. The van der Waals surface area contributed by atoms with Crippen LogP contribution in [0.1, 0.15) is 77.0 Å². The number of carboxylic acid groups (broad SMARTS) is 3. The van der Waals surface area contributed by atoms with Crippen LogP contribution in [-0.2, 0) is 14.4 Å². The SMILES string of the molecule is O=C([O-])C1=CCCCC1.O=C([O-])C1=CCCCC1.O=C([O-])C1=CCCCC1.[Sb+3]. The summed E-state index contributed by atoms with van der Waals surface area (Å²) in [6, 6.07) is 0. The average Bonchev–Trinajstić information content (AvgIpc) is 2.71. The van der Waals surface area contributed by atoms with E-state index in [9.17, 15) is 29.7 Å². The van der Waals surface area contributed by atoms with Crippen molar-refractivity contribution in [2.45, 2.75) is 77.0 Å². The van der Waals surface area contributed by atoms with E-state index in [-0.39, 0.29) is 24.4 Å². The average molecular weight is 497 g/mol. The van der Waals surface area contributed by atoms with Crippen LogP contribution in [0.2, 0.25) is 0 Å². The maximum atomic E-state index is 10.2. The van der Waals surface area contributed by atoms with E-state index in [0.29, 0.717) is 36.0 Å². The molecule has 7 heteroatoms. The van der Waals surface area contributed by atoms with Gasteiger partial charge in [0.2, 0.25) is 0 Å². The zero-order valence-corrected chi connectivity index (χ0v) is 18.7. The van der Waals surface area contributed by atoms with Crippen molar-refractivity contribution in [2.24, 2.45) is 0 Å². The summed E-state index contributed by atoms with van der Waals surface area (Å²) in [6.07, 6.45) is 16.5. The second kappa shape index (κ2) is 15.4. The van der Waals surface area contributed by atoms with Gasteiger partial charge in [-0.05, 0) is 93.8 Å². The molecule has 152 valence electrons. The molecule has 0 saturated heterocycles. The van der Waals surface area contributed by atoms with Crippen LogP contribution in [0, 0.1) is 0 Å². The van der Waals surface area contributed by atoms with E-state index in [1.54, 1.807) is 18.2 Å². The molecule has 3 rings (SSSR count). The van der Waals surface area contributed by atoms with Gasteiger partial charge >= 0.3 is 24.4 Å². The van der Waals surface area contributed by atoms with Crippen LogP contribution in [0.4, 0.5) is 0 Å². The van der Waals surface area contributed by atoms with Gasteiger partial charge in [-0.2, -0.15) is 0 Å². The molecule has 0 N–H and O–H groups in total. The Morgan fingerprint density at radius 3 is 0.893 bits per heavy atom. The Balaban J connectivity index is 0.000000384. The van der Waals surface area contributed by atoms with Crippen LogP contribution in [0.5, 0.6) is 0 Å². The maximum Gasteiger partial charge on any atom is 3.00 e. The number of carbonyl (C=O) groups excluding carboxylic acids is 3. The number of allylic oxidation sites excluding steroid dienone is 3. The van der Waals surface area contributed by atoms with Crippen LogP contribution in [0.15, 0.2) is 34.9 Å². The Morgan fingerprint density at radius 2 is 0.786 bits per heavy atom. The van der Waals surface area contributed by atoms with Gasteiger partial charge in [-0.25, -0.2) is 0 Å². The standard InChI is InChI=1S/3C7H10O2.Sb/c3*8-7(9)6-4-2-1-3-5-6;/h3*4H,1-3,5H2,(H,8,9);/q;;;+3/p-3. The predicted molar refractivity (Wildman–Crippen MR) is 100 cm³/mol. The fourth-order valence-corrected chi connectivity index (χ4v) is 3.07. The van der Waals surface area contributed by atoms with Crippen molar-refractivity contribution in [1.82, 2.24) is 0 Å². The summed E-state index contributed by atoms with van der Waals surface area (Å²) in [4.78, 5) is 30.5. The van der Waals surface area contributed by atoms with Crippen molar-refractivity contribution in [3.8, 4) is 0 Å². The molecule has 3 aliphatic carbocycles. The van der Waals surface area contributed by atoms with Crippen molar-refractivity contribution in [2.75, 3.05) is 0 Å². The van der Waals surface area contributed by atoms with Crippen molar-refractivity contribution in [3.63, 3.8) is 0 Å². The van der Waals surface area contributed by atoms with Crippen molar-refractivity contribution >= 4 is 42.3 Å². The minimum absolute atomic E-state index is 0. The fraction of sp³-hybridized carbons (Fsp3) is 0.571. The third kappa shape index (κ3) is 11.3. The molecule has 0 unspecified atom stereocenters. The fourth-order valence-electron chi connectivity index (χ4n) is 3.07. The van der Waals surface area contributed by atoms with Crippen molar-refractivity contribution < 1.29 is 29.7 Å². The summed E-state index contributed by atoms with van der Waals surface area (Å²) < 4.78 is 0. The number of carbonyl (C=O) groups is 3. The van der Waals surface area contributed by atoms with Gasteiger partial charge in [0.05, 0.1) is 17.9 Å². The van der Waals surface area contributed by atoms with E-state index in [4.69, 9.17) is 0 Å². The van der Waals surface area contributed by atoms with Gasteiger partial charge in [-0.15, -0.1) is 0 Å². The molecule has 0 aromatic heterocycles. The first-order valence-corrected chi connectivity index (χ1v) is 9.63. The van der Waals surface area contributed by atoms with Gasteiger partial charge < -0.3 is 29.7 Å². The molecule has 0 amide bonds. The first-order chi connectivity index (χ1) is 12.9. The molecule has 0 bridgehead atoms. The zero-order valence-electron chi connectivity index (χ0n) is 16.1. The van der Waals surface area contributed by atoms with E-state index in [0.717, 1.165) is 57.8 Å². The van der Waals surface area contributed by atoms with Crippen LogP contribution in [-0.4, -0.2) is 42.3 Å². The largest absolute Gasteiger partial charge is 3.00 e. The van der Waals surface area contributed by atoms with Gasteiger partial charge in [-0.1, -0.05) is 18.2 Å². The Hall–Kier alpha value is -1.55. The number of hydrogen-bond donors (Lipinski definition) is 0. The first kappa shape index (κ1) is 26.4. The molecule has 28 heavy (non-hydrogen) atoms. The van der Waals surface area contributed by atoms with Gasteiger partial charge in [0, 0.05) is 0 Å². The van der Waals surface area contributed by atoms with Crippen molar-refractivity contribution in [1.29, 1.82) is 0 Å². The molecule has 0 aromatic carbocycles. The number of carboxylic acids is 3. The maximum absolute atomic E-state index is 10.2. The van der Waals surface area contributed by atoms with Gasteiger partial charge in [0.25, 0.3) is 0 Å². The minimum atomic E-state index is -0.991. The first-order valence-electron chi connectivity index (χ1n) is 9.63. The van der Waals surface area contributed by atoms with Crippen LogP contribution >= 0.6 is 0 Å². The predicted octanol–water partition coefficient (Wildman–Crippen LogP) is 0.329. The number of hydrogen-bond acceptors (Lipinski definition) is 6. The normalized spacial score (nSPS) is 18.2. The molecule has 6 nitrogen and oxygen atoms in total.